The zero-order valence-corrected chi connectivity index (χ0v) is 14.0. The van der Waals surface area contributed by atoms with Crippen LogP contribution in [-0.2, 0) is 10.0 Å². The number of hydrogen-bond donors (Lipinski definition) is 2. The summed E-state index contributed by atoms with van der Waals surface area (Å²) in [4.78, 5) is 0.249. The number of rotatable bonds is 6. The van der Waals surface area contributed by atoms with Crippen molar-refractivity contribution in [2.45, 2.75) is 30.7 Å². The van der Waals surface area contributed by atoms with Crippen molar-refractivity contribution in [3.63, 3.8) is 0 Å². The average Bonchev–Trinajstić information content (AvgIpc) is 3.32. The molecule has 6 heteroatoms. The Morgan fingerprint density at radius 3 is 2.26 bits per heavy atom. The van der Waals surface area contributed by atoms with Crippen LogP contribution in [0.15, 0.2) is 47.4 Å². The highest BCUT2D eigenvalue weighted by atomic mass is 32.2. The summed E-state index contributed by atoms with van der Waals surface area (Å²) in [5.74, 6) is 0.636. The van der Waals surface area contributed by atoms with E-state index in [-0.39, 0.29) is 4.90 Å². The maximum absolute atomic E-state index is 12.5. The first kappa shape index (κ1) is 15.7. The van der Waals surface area contributed by atoms with E-state index in [1.807, 2.05) is 12.1 Å². The summed E-state index contributed by atoms with van der Waals surface area (Å²) < 4.78 is 32.8. The number of methoxy groups -OCH3 is 1. The molecular weight excluding hydrogens is 312 g/mol. The second-order valence-electron chi connectivity index (χ2n) is 5.73. The Balaban J connectivity index is 1.77. The van der Waals surface area contributed by atoms with E-state index in [0.717, 1.165) is 5.69 Å². The molecule has 0 unspecified atom stereocenters. The van der Waals surface area contributed by atoms with E-state index < -0.39 is 10.0 Å². The summed E-state index contributed by atoms with van der Waals surface area (Å²) in [7, 11) is -2.06. The van der Waals surface area contributed by atoms with Crippen LogP contribution < -0.4 is 14.8 Å². The van der Waals surface area contributed by atoms with Gasteiger partial charge in [-0.25, -0.2) is 8.42 Å². The summed E-state index contributed by atoms with van der Waals surface area (Å²) >= 11 is 0. The predicted molar refractivity (Wildman–Crippen MR) is 91.6 cm³/mol. The van der Waals surface area contributed by atoms with Crippen LogP contribution in [0.25, 0.3) is 0 Å². The molecule has 122 valence electrons. The zero-order valence-electron chi connectivity index (χ0n) is 13.2. The molecule has 0 aliphatic heterocycles. The van der Waals surface area contributed by atoms with Crippen LogP contribution in [0.5, 0.6) is 5.75 Å². The minimum Gasteiger partial charge on any atom is -0.497 e. The van der Waals surface area contributed by atoms with Crippen LogP contribution in [0.2, 0.25) is 0 Å². The molecule has 5 nitrogen and oxygen atoms in total. The van der Waals surface area contributed by atoms with Crippen molar-refractivity contribution in [3.8, 4) is 5.75 Å². The first-order valence-corrected chi connectivity index (χ1v) is 9.00. The molecule has 1 aliphatic rings. The van der Waals surface area contributed by atoms with Gasteiger partial charge in [0.2, 0.25) is 0 Å². The molecule has 0 saturated heterocycles. The number of ether oxygens (including phenoxy) is 1. The third-order valence-electron chi connectivity index (χ3n) is 3.76. The molecule has 2 aromatic carbocycles. The highest BCUT2D eigenvalue weighted by Crippen LogP contribution is 2.27. The van der Waals surface area contributed by atoms with Gasteiger partial charge in [-0.1, -0.05) is 0 Å². The van der Waals surface area contributed by atoms with Gasteiger partial charge in [-0.3, -0.25) is 4.72 Å². The Kier molecular flexibility index (Phi) is 4.17. The molecule has 0 spiro atoms. The van der Waals surface area contributed by atoms with E-state index in [9.17, 15) is 8.42 Å². The lowest BCUT2D eigenvalue weighted by Gasteiger charge is -2.12. The van der Waals surface area contributed by atoms with Gasteiger partial charge in [0, 0.05) is 17.4 Å². The molecule has 0 heterocycles. The molecule has 0 atom stereocenters. The predicted octanol–water partition coefficient (Wildman–Crippen LogP) is 3.38. The Hall–Kier alpha value is -2.21. The summed E-state index contributed by atoms with van der Waals surface area (Å²) in [5.41, 5.74) is 2.20. The lowest BCUT2D eigenvalue weighted by molar-refractivity contribution is 0.414. The Bertz CT molecular complexity index is 797. The SMILES string of the molecule is COc1ccc(S(=O)(=O)Nc2ccc(NC3CC3)cc2)c(C)c1. The van der Waals surface area contributed by atoms with Gasteiger partial charge in [0.05, 0.1) is 12.0 Å². The molecule has 23 heavy (non-hydrogen) atoms. The number of hydrogen-bond acceptors (Lipinski definition) is 4. The Morgan fingerprint density at radius 2 is 1.70 bits per heavy atom. The van der Waals surface area contributed by atoms with Gasteiger partial charge in [0.1, 0.15) is 5.75 Å². The largest absolute Gasteiger partial charge is 0.497 e. The standard InChI is InChI=1S/C17H20N2O3S/c1-12-11-16(22-2)9-10-17(12)23(20,21)19-15-7-5-14(6-8-15)18-13-3-4-13/h5-11,13,18-19H,3-4H2,1-2H3. The van der Waals surface area contributed by atoms with E-state index in [2.05, 4.69) is 10.0 Å². The van der Waals surface area contributed by atoms with Gasteiger partial charge in [0.15, 0.2) is 0 Å². The molecule has 0 radical (unpaired) electrons. The van der Waals surface area contributed by atoms with Gasteiger partial charge in [-0.2, -0.15) is 0 Å². The number of anilines is 2. The van der Waals surface area contributed by atoms with Crippen molar-refractivity contribution in [2.24, 2.45) is 0 Å². The lowest BCUT2D eigenvalue weighted by atomic mass is 10.2. The van der Waals surface area contributed by atoms with Crippen LogP contribution in [0.4, 0.5) is 11.4 Å². The van der Waals surface area contributed by atoms with Crippen LogP contribution in [0.1, 0.15) is 18.4 Å². The van der Waals surface area contributed by atoms with E-state index in [0.29, 0.717) is 23.0 Å². The Morgan fingerprint density at radius 1 is 1.04 bits per heavy atom. The second kappa shape index (κ2) is 6.12. The monoisotopic (exact) mass is 332 g/mol. The highest BCUT2D eigenvalue weighted by Gasteiger charge is 2.21. The van der Waals surface area contributed by atoms with Gasteiger partial charge in [-0.15, -0.1) is 0 Å². The summed E-state index contributed by atoms with van der Waals surface area (Å²) in [5, 5.41) is 3.37. The smallest absolute Gasteiger partial charge is 0.262 e. The molecule has 1 saturated carbocycles. The van der Waals surface area contributed by atoms with Crippen molar-refractivity contribution < 1.29 is 13.2 Å². The van der Waals surface area contributed by atoms with Crippen molar-refractivity contribution in [3.05, 3.63) is 48.0 Å². The normalized spacial score (nSPS) is 14.3. The summed E-state index contributed by atoms with van der Waals surface area (Å²) in [6, 6.07) is 12.8. The summed E-state index contributed by atoms with van der Waals surface area (Å²) in [6.45, 7) is 1.75. The zero-order chi connectivity index (χ0) is 16.4. The van der Waals surface area contributed by atoms with E-state index >= 15 is 0 Å². The molecule has 0 amide bonds. The van der Waals surface area contributed by atoms with Crippen molar-refractivity contribution in [1.29, 1.82) is 0 Å². The minimum atomic E-state index is -3.62. The number of sulfonamides is 1. The van der Waals surface area contributed by atoms with Crippen LogP contribution in [0, 0.1) is 6.92 Å². The maximum atomic E-state index is 12.5. The van der Waals surface area contributed by atoms with Crippen molar-refractivity contribution >= 4 is 21.4 Å². The fourth-order valence-electron chi connectivity index (χ4n) is 2.36. The van der Waals surface area contributed by atoms with Crippen molar-refractivity contribution in [2.75, 3.05) is 17.1 Å². The highest BCUT2D eigenvalue weighted by molar-refractivity contribution is 7.92. The third kappa shape index (κ3) is 3.76. The molecule has 0 aromatic heterocycles. The first-order chi connectivity index (χ1) is 11.0. The van der Waals surface area contributed by atoms with Crippen LogP contribution in [-0.4, -0.2) is 21.6 Å². The van der Waals surface area contributed by atoms with Gasteiger partial charge in [-0.05, 0) is 67.8 Å². The molecule has 2 aromatic rings. The lowest BCUT2D eigenvalue weighted by Crippen LogP contribution is -2.14. The van der Waals surface area contributed by atoms with Gasteiger partial charge < -0.3 is 10.1 Å². The molecule has 1 fully saturated rings. The van der Waals surface area contributed by atoms with Gasteiger partial charge in [0.25, 0.3) is 10.0 Å². The number of aryl methyl sites for hydroxylation is 1. The third-order valence-corrected chi connectivity index (χ3v) is 5.30. The van der Waals surface area contributed by atoms with Gasteiger partial charge >= 0.3 is 0 Å². The van der Waals surface area contributed by atoms with Crippen LogP contribution >= 0.6 is 0 Å². The quantitative estimate of drug-likeness (QED) is 0.851. The second-order valence-corrected chi connectivity index (χ2v) is 7.38. The molecule has 0 bridgehead atoms. The molecular formula is C17H20N2O3S. The fourth-order valence-corrected chi connectivity index (χ4v) is 3.64. The molecule has 2 N–H and O–H groups in total. The van der Waals surface area contributed by atoms with Crippen molar-refractivity contribution in [1.82, 2.24) is 0 Å². The average molecular weight is 332 g/mol. The molecule has 3 rings (SSSR count). The van der Waals surface area contributed by atoms with E-state index in [1.54, 1.807) is 44.4 Å². The fraction of sp³-hybridized carbons (Fsp3) is 0.294. The minimum absolute atomic E-state index is 0.249. The first-order valence-electron chi connectivity index (χ1n) is 7.52. The maximum Gasteiger partial charge on any atom is 0.262 e. The number of benzene rings is 2. The van der Waals surface area contributed by atoms with E-state index in [1.165, 1.54) is 12.8 Å². The van der Waals surface area contributed by atoms with Crippen LogP contribution in [0.3, 0.4) is 0 Å². The van der Waals surface area contributed by atoms with E-state index in [4.69, 9.17) is 4.74 Å². The Labute approximate surface area is 136 Å². The topological polar surface area (TPSA) is 67.4 Å². The number of nitrogens with one attached hydrogen (secondary N) is 2. The molecule has 1 aliphatic carbocycles. The summed E-state index contributed by atoms with van der Waals surface area (Å²) in [6.07, 6.45) is 2.40.